The summed E-state index contributed by atoms with van der Waals surface area (Å²) in [5.41, 5.74) is 6.43. The van der Waals surface area contributed by atoms with E-state index in [9.17, 15) is 13.2 Å². The van der Waals surface area contributed by atoms with E-state index in [2.05, 4.69) is 16.3 Å². The summed E-state index contributed by atoms with van der Waals surface area (Å²) in [5, 5.41) is 17.0. The van der Waals surface area contributed by atoms with Crippen LogP contribution in [0.3, 0.4) is 0 Å². The second kappa shape index (κ2) is 9.49. The molecule has 34 heavy (non-hydrogen) atoms. The number of rotatable bonds is 7. The minimum Gasteiger partial charge on any atom is -0.478 e. The predicted molar refractivity (Wildman–Crippen MR) is 135 cm³/mol. The van der Waals surface area contributed by atoms with Gasteiger partial charge < -0.3 is 5.11 Å². The van der Waals surface area contributed by atoms with Gasteiger partial charge in [-0.3, -0.25) is 5.10 Å². The number of carboxylic acids is 1. The zero-order chi connectivity index (χ0) is 24.3. The summed E-state index contributed by atoms with van der Waals surface area (Å²) in [7, 11) is -3.35. The maximum absolute atomic E-state index is 12.2. The van der Waals surface area contributed by atoms with Crippen LogP contribution in [0.5, 0.6) is 0 Å². The summed E-state index contributed by atoms with van der Waals surface area (Å²) in [6.07, 6.45) is 6.30. The van der Waals surface area contributed by atoms with Gasteiger partial charge in [0.05, 0.1) is 16.6 Å². The summed E-state index contributed by atoms with van der Waals surface area (Å²) in [6, 6.07) is 20.7. The Morgan fingerprint density at radius 1 is 1.00 bits per heavy atom. The van der Waals surface area contributed by atoms with Gasteiger partial charge in [-0.2, -0.15) is 5.10 Å². The van der Waals surface area contributed by atoms with Crippen LogP contribution in [-0.2, 0) is 14.6 Å². The monoisotopic (exact) mass is 472 g/mol. The number of benzene rings is 3. The fourth-order valence-corrected chi connectivity index (χ4v) is 4.65. The van der Waals surface area contributed by atoms with E-state index in [0.717, 1.165) is 50.4 Å². The van der Waals surface area contributed by atoms with Crippen molar-refractivity contribution in [3.63, 3.8) is 0 Å². The SMILES string of the molecule is CCC(=C(c1ccc(C=CC(=O)O)cc1)c1ccc2[nH]ncc2c1)c1cccc(S(C)(=O)=O)c1. The number of fused-ring (bicyclic) bond motifs is 1. The molecular weight excluding hydrogens is 448 g/mol. The van der Waals surface area contributed by atoms with Crippen molar-refractivity contribution in [3.05, 3.63) is 101 Å². The number of aromatic nitrogens is 2. The van der Waals surface area contributed by atoms with Crippen molar-refractivity contribution in [2.75, 3.05) is 6.26 Å². The Kier molecular flexibility index (Phi) is 6.47. The summed E-state index contributed by atoms with van der Waals surface area (Å²) in [6.45, 7) is 2.04. The summed E-state index contributed by atoms with van der Waals surface area (Å²) in [4.78, 5) is 11.1. The smallest absolute Gasteiger partial charge is 0.328 e. The first kappa shape index (κ1) is 23.2. The molecule has 0 radical (unpaired) electrons. The van der Waals surface area contributed by atoms with Gasteiger partial charge in [-0.1, -0.05) is 49.4 Å². The molecule has 0 aliphatic heterocycles. The van der Waals surface area contributed by atoms with Gasteiger partial charge in [-0.15, -0.1) is 0 Å². The van der Waals surface area contributed by atoms with E-state index in [1.165, 1.54) is 6.26 Å². The summed E-state index contributed by atoms with van der Waals surface area (Å²) < 4.78 is 24.4. The molecule has 6 nitrogen and oxygen atoms in total. The van der Waals surface area contributed by atoms with Gasteiger partial charge in [0, 0.05) is 17.7 Å². The molecule has 172 valence electrons. The highest BCUT2D eigenvalue weighted by Crippen LogP contribution is 2.36. The molecule has 4 aromatic rings. The van der Waals surface area contributed by atoms with Crippen LogP contribution in [-0.4, -0.2) is 35.9 Å². The zero-order valence-corrected chi connectivity index (χ0v) is 19.6. The number of hydrogen-bond donors (Lipinski definition) is 2. The Morgan fingerprint density at radius 2 is 1.74 bits per heavy atom. The fourth-order valence-electron chi connectivity index (χ4n) is 3.98. The lowest BCUT2D eigenvalue weighted by atomic mass is 9.87. The van der Waals surface area contributed by atoms with Crippen molar-refractivity contribution in [1.29, 1.82) is 0 Å². The molecule has 0 fully saturated rings. The van der Waals surface area contributed by atoms with Crippen molar-refractivity contribution in [1.82, 2.24) is 10.2 Å². The molecule has 0 atom stereocenters. The van der Waals surface area contributed by atoms with Crippen LogP contribution in [0.25, 0.3) is 28.1 Å². The van der Waals surface area contributed by atoms with E-state index in [1.807, 2.05) is 49.4 Å². The van der Waals surface area contributed by atoms with Gasteiger partial charge in [0.2, 0.25) is 0 Å². The maximum atomic E-state index is 12.2. The third-order valence-electron chi connectivity index (χ3n) is 5.61. The van der Waals surface area contributed by atoms with Gasteiger partial charge in [0.1, 0.15) is 0 Å². The van der Waals surface area contributed by atoms with Gasteiger partial charge >= 0.3 is 5.97 Å². The van der Waals surface area contributed by atoms with Crippen molar-refractivity contribution in [3.8, 4) is 0 Å². The Bertz CT molecular complexity index is 1530. The molecule has 3 aromatic carbocycles. The molecule has 0 spiro atoms. The number of nitrogens with zero attached hydrogens (tertiary/aromatic N) is 1. The van der Waals surface area contributed by atoms with Crippen molar-refractivity contribution in [2.24, 2.45) is 0 Å². The minimum absolute atomic E-state index is 0.273. The molecule has 0 amide bonds. The average Bonchev–Trinajstić information content (AvgIpc) is 3.29. The molecule has 0 aliphatic carbocycles. The first-order valence-electron chi connectivity index (χ1n) is 10.7. The highest BCUT2D eigenvalue weighted by atomic mass is 32.2. The number of hydrogen-bond acceptors (Lipinski definition) is 4. The van der Waals surface area contributed by atoms with Crippen molar-refractivity contribution >= 4 is 43.9 Å². The lowest BCUT2D eigenvalue weighted by molar-refractivity contribution is -0.131. The first-order valence-corrected chi connectivity index (χ1v) is 12.6. The second-order valence-corrected chi connectivity index (χ2v) is 9.99. The third kappa shape index (κ3) is 5.00. The van der Waals surface area contributed by atoms with Crippen LogP contribution < -0.4 is 0 Å². The molecule has 0 unspecified atom stereocenters. The Balaban J connectivity index is 1.94. The fraction of sp³-hybridized carbons (Fsp3) is 0.111. The van der Waals surface area contributed by atoms with Gasteiger partial charge in [0.25, 0.3) is 0 Å². The van der Waals surface area contributed by atoms with Crippen molar-refractivity contribution < 1.29 is 18.3 Å². The quantitative estimate of drug-likeness (QED) is 0.276. The summed E-state index contributed by atoms with van der Waals surface area (Å²) >= 11 is 0. The highest BCUT2D eigenvalue weighted by Gasteiger charge is 2.16. The average molecular weight is 473 g/mol. The van der Waals surface area contributed by atoms with Gasteiger partial charge in [-0.25, -0.2) is 13.2 Å². The Hall–Kier alpha value is -3.97. The molecule has 4 rings (SSSR count). The maximum Gasteiger partial charge on any atom is 0.328 e. The molecule has 2 N–H and O–H groups in total. The molecule has 0 saturated carbocycles. The van der Waals surface area contributed by atoms with Crippen LogP contribution in [0, 0.1) is 0 Å². The van der Waals surface area contributed by atoms with Crippen LogP contribution in [0.15, 0.2) is 83.9 Å². The molecule has 0 aliphatic rings. The minimum atomic E-state index is -3.35. The number of carbonyl (C=O) groups is 1. The van der Waals surface area contributed by atoms with E-state index in [0.29, 0.717) is 6.42 Å². The zero-order valence-electron chi connectivity index (χ0n) is 18.8. The molecular formula is C27H24N2O4S. The highest BCUT2D eigenvalue weighted by molar-refractivity contribution is 7.90. The summed E-state index contributed by atoms with van der Waals surface area (Å²) in [5.74, 6) is -1.00. The first-order chi connectivity index (χ1) is 16.3. The number of nitrogens with one attached hydrogen (secondary N) is 1. The van der Waals surface area contributed by atoms with Crippen LogP contribution in [0.2, 0.25) is 0 Å². The van der Waals surface area contributed by atoms with E-state index in [1.54, 1.807) is 30.5 Å². The number of carboxylic acid groups (broad SMARTS) is 1. The topological polar surface area (TPSA) is 100 Å². The van der Waals surface area contributed by atoms with E-state index >= 15 is 0 Å². The number of aromatic amines is 1. The second-order valence-electron chi connectivity index (χ2n) is 7.97. The van der Waals surface area contributed by atoms with Crippen LogP contribution in [0.1, 0.15) is 35.6 Å². The van der Waals surface area contributed by atoms with E-state index < -0.39 is 15.8 Å². The number of H-pyrrole nitrogens is 1. The Morgan fingerprint density at radius 3 is 2.41 bits per heavy atom. The Labute approximate surface area is 198 Å². The molecule has 7 heteroatoms. The third-order valence-corrected chi connectivity index (χ3v) is 6.72. The standard InChI is InChI=1S/C27H24N2O4S/c1-3-24(20-5-4-6-23(16-20)34(2,32)33)27(21-12-13-25-22(15-21)17-28-29-25)19-10-7-18(8-11-19)9-14-26(30)31/h4-17H,3H2,1-2H3,(H,28,29)(H,30,31). The number of allylic oxidation sites excluding steroid dienone is 1. The number of aliphatic carboxylic acids is 1. The lowest BCUT2D eigenvalue weighted by Gasteiger charge is -2.17. The molecule has 1 aromatic heterocycles. The molecule has 0 bridgehead atoms. The van der Waals surface area contributed by atoms with Crippen molar-refractivity contribution in [2.45, 2.75) is 18.2 Å². The van der Waals surface area contributed by atoms with Gasteiger partial charge in [-0.05, 0) is 70.2 Å². The molecule has 1 heterocycles. The van der Waals surface area contributed by atoms with E-state index in [4.69, 9.17) is 5.11 Å². The largest absolute Gasteiger partial charge is 0.478 e. The lowest BCUT2D eigenvalue weighted by Crippen LogP contribution is -2.00. The van der Waals surface area contributed by atoms with Crippen LogP contribution in [0.4, 0.5) is 0 Å². The van der Waals surface area contributed by atoms with E-state index in [-0.39, 0.29) is 4.90 Å². The molecule has 0 saturated heterocycles. The van der Waals surface area contributed by atoms with Gasteiger partial charge in [0.15, 0.2) is 9.84 Å². The van der Waals surface area contributed by atoms with Crippen LogP contribution >= 0.6 is 0 Å². The normalized spacial score (nSPS) is 12.8. The predicted octanol–water partition coefficient (Wildman–Crippen LogP) is 5.43. The number of sulfone groups is 1.